The van der Waals surface area contributed by atoms with Crippen LogP contribution < -0.4 is 4.74 Å². The maximum atomic E-state index is 11.9. The van der Waals surface area contributed by atoms with Crippen LogP contribution in [0.15, 0.2) is 12.1 Å². The number of rotatable bonds is 4. The van der Waals surface area contributed by atoms with Crippen LogP contribution in [0.1, 0.15) is 56.6 Å². The quantitative estimate of drug-likeness (QED) is 0.897. The van der Waals surface area contributed by atoms with Crippen LogP contribution in [0.2, 0.25) is 5.02 Å². The first kappa shape index (κ1) is 15.2. The molecule has 0 unspecified atom stereocenters. The zero-order valence-corrected chi connectivity index (χ0v) is 13.0. The van der Waals surface area contributed by atoms with Crippen molar-refractivity contribution in [2.75, 3.05) is 7.11 Å². The average Bonchev–Trinajstić information content (AvgIpc) is 2.88. The minimum Gasteiger partial charge on any atom is -0.496 e. The van der Waals surface area contributed by atoms with Crippen LogP contribution in [-0.2, 0) is 10.2 Å². The second-order valence-corrected chi connectivity index (χ2v) is 6.26. The van der Waals surface area contributed by atoms with Gasteiger partial charge in [0.05, 0.1) is 12.5 Å². The topological polar surface area (TPSA) is 46.5 Å². The molecule has 0 bridgehead atoms. The molecule has 0 saturated heterocycles. The predicted molar refractivity (Wildman–Crippen MR) is 79.9 cm³/mol. The molecule has 3 nitrogen and oxygen atoms in total. The number of carbonyl (C=O) groups is 1. The van der Waals surface area contributed by atoms with E-state index in [1.165, 1.54) is 0 Å². The van der Waals surface area contributed by atoms with Crippen molar-refractivity contribution in [1.82, 2.24) is 0 Å². The first-order valence-corrected chi connectivity index (χ1v) is 7.41. The Morgan fingerprint density at radius 1 is 1.35 bits per heavy atom. The van der Waals surface area contributed by atoms with Gasteiger partial charge in [0.1, 0.15) is 5.75 Å². The van der Waals surface area contributed by atoms with Crippen LogP contribution in [0.5, 0.6) is 5.75 Å². The number of carboxylic acid groups (broad SMARTS) is 1. The van der Waals surface area contributed by atoms with E-state index in [0.29, 0.717) is 23.6 Å². The summed E-state index contributed by atoms with van der Waals surface area (Å²) in [6.07, 6.45) is 3.16. The van der Waals surface area contributed by atoms with E-state index in [-0.39, 0.29) is 5.92 Å². The Morgan fingerprint density at radius 2 is 1.95 bits per heavy atom. The Morgan fingerprint density at radius 3 is 2.40 bits per heavy atom. The van der Waals surface area contributed by atoms with Crippen LogP contribution in [0, 0.1) is 0 Å². The maximum absolute atomic E-state index is 11.9. The Hall–Kier alpha value is -1.22. The maximum Gasteiger partial charge on any atom is 0.314 e. The van der Waals surface area contributed by atoms with Crippen molar-refractivity contribution in [2.45, 2.75) is 50.9 Å². The lowest BCUT2D eigenvalue weighted by molar-refractivity contribution is -0.143. The third-order valence-corrected chi connectivity index (χ3v) is 4.51. The number of benzene rings is 1. The summed E-state index contributed by atoms with van der Waals surface area (Å²) in [4.78, 5) is 11.9. The van der Waals surface area contributed by atoms with Gasteiger partial charge in [-0.2, -0.15) is 0 Å². The molecule has 1 aromatic carbocycles. The third-order valence-electron chi connectivity index (χ3n) is 4.29. The van der Waals surface area contributed by atoms with Crippen LogP contribution >= 0.6 is 11.6 Å². The summed E-state index contributed by atoms with van der Waals surface area (Å²) in [6, 6.07) is 3.64. The van der Waals surface area contributed by atoms with Gasteiger partial charge in [0.15, 0.2) is 0 Å². The molecule has 0 heterocycles. The second kappa shape index (κ2) is 5.65. The fourth-order valence-corrected chi connectivity index (χ4v) is 3.43. The van der Waals surface area contributed by atoms with Gasteiger partial charge in [-0.15, -0.1) is 0 Å². The summed E-state index contributed by atoms with van der Waals surface area (Å²) in [5.74, 6) is 0.147. The molecular formula is C16H21ClO3. The van der Waals surface area contributed by atoms with Crippen molar-refractivity contribution >= 4 is 17.6 Å². The zero-order chi connectivity index (χ0) is 14.9. The Balaban J connectivity index is 2.69. The van der Waals surface area contributed by atoms with Crippen LogP contribution in [0.25, 0.3) is 0 Å². The summed E-state index contributed by atoms with van der Waals surface area (Å²) in [6.45, 7) is 4.11. The number of carboxylic acids is 1. The molecule has 1 saturated carbocycles. The molecule has 20 heavy (non-hydrogen) atoms. The number of aliphatic carboxylic acids is 1. The number of halogens is 1. The van der Waals surface area contributed by atoms with Crippen molar-refractivity contribution in [3.63, 3.8) is 0 Å². The summed E-state index contributed by atoms with van der Waals surface area (Å²) < 4.78 is 5.56. The van der Waals surface area contributed by atoms with Crippen molar-refractivity contribution in [1.29, 1.82) is 0 Å². The first-order valence-electron chi connectivity index (χ1n) is 7.03. The Kier molecular flexibility index (Phi) is 4.28. The van der Waals surface area contributed by atoms with Crippen molar-refractivity contribution in [3.05, 3.63) is 28.3 Å². The highest BCUT2D eigenvalue weighted by Gasteiger charge is 2.45. The second-order valence-electron chi connectivity index (χ2n) is 5.82. The fourth-order valence-electron chi connectivity index (χ4n) is 3.20. The molecule has 0 aliphatic heterocycles. The molecule has 1 aliphatic rings. The third kappa shape index (κ3) is 2.39. The van der Waals surface area contributed by atoms with Gasteiger partial charge in [0.2, 0.25) is 0 Å². The minimum atomic E-state index is -0.847. The number of hydrogen-bond donors (Lipinski definition) is 1. The van der Waals surface area contributed by atoms with Gasteiger partial charge in [-0.05, 0) is 36.5 Å². The van der Waals surface area contributed by atoms with Gasteiger partial charge >= 0.3 is 5.97 Å². The normalized spacial score (nSPS) is 17.4. The first-order chi connectivity index (χ1) is 9.42. The highest BCUT2D eigenvalue weighted by Crippen LogP contribution is 2.48. The largest absolute Gasteiger partial charge is 0.496 e. The van der Waals surface area contributed by atoms with Gasteiger partial charge in [-0.1, -0.05) is 38.3 Å². The SMILES string of the molecule is COc1c(C(C)C)cc(Cl)cc1C1(C(=O)O)CCCC1. The molecule has 1 aliphatic carbocycles. The predicted octanol–water partition coefficient (Wildman–Crippen LogP) is 4.37. The van der Waals surface area contributed by atoms with Crippen LogP contribution in [-0.4, -0.2) is 18.2 Å². The van der Waals surface area contributed by atoms with E-state index in [1.807, 2.05) is 6.07 Å². The number of hydrogen-bond acceptors (Lipinski definition) is 2. The van der Waals surface area contributed by atoms with E-state index in [4.69, 9.17) is 16.3 Å². The molecule has 0 atom stereocenters. The van der Waals surface area contributed by atoms with Crippen molar-refractivity contribution in [3.8, 4) is 5.75 Å². The Labute approximate surface area is 124 Å². The fraction of sp³-hybridized carbons (Fsp3) is 0.562. The number of methoxy groups -OCH3 is 1. The molecule has 2 rings (SSSR count). The summed E-state index contributed by atoms with van der Waals surface area (Å²) in [5.41, 5.74) is 0.864. The van der Waals surface area contributed by atoms with Gasteiger partial charge < -0.3 is 9.84 Å². The molecule has 1 fully saturated rings. The van der Waals surface area contributed by atoms with Crippen LogP contribution in [0.4, 0.5) is 0 Å². The standard InChI is InChI=1S/C16H21ClO3/c1-10(2)12-8-11(17)9-13(14(12)20-3)16(15(18)19)6-4-5-7-16/h8-10H,4-7H2,1-3H3,(H,18,19). The lowest BCUT2D eigenvalue weighted by Gasteiger charge is -2.28. The monoisotopic (exact) mass is 296 g/mol. The van der Waals surface area contributed by atoms with Gasteiger partial charge in [-0.25, -0.2) is 0 Å². The van der Waals surface area contributed by atoms with Crippen LogP contribution in [0.3, 0.4) is 0 Å². The average molecular weight is 297 g/mol. The molecule has 0 amide bonds. The van der Waals surface area contributed by atoms with E-state index in [1.54, 1.807) is 13.2 Å². The number of ether oxygens (including phenoxy) is 1. The molecule has 1 aromatic rings. The van der Waals surface area contributed by atoms with Gasteiger partial charge in [-0.3, -0.25) is 4.79 Å². The molecular weight excluding hydrogens is 276 g/mol. The highest BCUT2D eigenvalue weighted by atomic mass is 35.5. The highest BCUT2D eigenvalue weighted by molar-refractivity contribution is 6.30. The van der Waals surface area contributed by atoms with Crippen molar-refractivity contribution in [2.24, 2.45) is 0 Å². The van der Waals surface area contributed by atoms with E-state index in [2.05, 4.69) is 13.8 Å². The molecule has 1 N–H and O–H groups in total. The van der Waals surface area contributed by atoms with E-state index < -0.39 is 11.4 Å². The summed E-state index contributed by atoms with van der Waals surface area (Å²) in [7, 11) is 1.60. The molecule has 110 valence electrons. The van der Waals surface area contributed by atoms with E-state index in [0.717, 1.165) is 24.0 Å². The zero-order valence-electron chi connectivity index (χ0n) is 12.2. The summed E-state index contributed by atoms with van der Waals surface area (Å²) >= 11 is 6.22. The van der Waals surface area contributed by atoms with Gasteiger partial charge in [0, 0.05) is 10.6 Å². The summed E-state index contributed by atoms with van der Waals surface area (Å²) in [5, 5.41) is 10.3. The lowest BCUT2D eigenvalue weighted by atomic mass is 9.77. The molecule has 0 aromatic heterocycles. The van der Waals surface area contributed by atoms with Gasteiger partial charge in [0.25, 0.3) is 0 Å². The lowest BCUT2D eigenvalue weighted by Crippen LogP contribution is -2.33. The Bertz CT molecular complexity index is 517. The smallest absolute Gasteiger partial charge is 0.314 e. The van der Waals surface area contributed by atoms with E-state index >= 15 is 0 Å². The molecule has 0 spiro atoms. The van der Waals surface area contributed by atoms with E-state index in [9.17, 15) is 9.90 Å². The molecule has 0 radical (unpaired) electrons. The van der Waals surface area contributed by atoms with Crippen molar-refractivity contribution < 1.29 is 14.6 Å². The molecule has 4 heteroatoms. The minimum absolute atomic E-state index is 0.231.